The Balaban J connectivity index is 0.0000000971. The van der Waals surface area contributed by atoms with Crippen LogP contribution in [0.1, 0.15) is 0 Å². The molecule has 8 aromatic heterocycles. The average molecular weight is 1950 g/mol. The van der Waals surface area contributed by atoms with Crippen molar-refractivity contribution in [3.8, 4) is 95.4 Å². The van der Waals surface area contributed by atoms with Gasteiger partial charge in [0.05, 0.1) is 22.1 Å². The molecule has 0 amide bonds. The van der Waals surface area contributed by atoms with Gasteiger partial charge in [-0.25, -0.2) is 0 Å². The predicted octanol–water partition coefficient (Wildman–Crippen LogP) is 37.7. The summed E-state index contributed by atoms with van der Waals surface area (Å²) in [6.45, 7) is 0. The molecule has 690 valence electrons. The third-order valence-corrected chi connectivity index (χ3v) is 33.3. The number of pyridine rings is 3. The SMILES string of the molecule is c1cc(-c2ccc3c4ccccc4c4ccccc4c3c2)cc(-c2cccc3c2sc2ccccc23)c1.c1ccc(-n2c3ccccc3c3cc(-c4ccc(-c5cccc6c5sc5ccccc56)cc4)ccc32)cc1.c1ccc(-n2c3ccccc3c3cc(-c4cccc(-c5cccc6c5sc5ccccc56)c4)ccc32)cc1.c1cnc2c([O][Al]([O]c3cccc4cccnc34)[O]c3cccc4cccnc34)cccc2c1. The summed E-state index contributed by atoms with van der Waals surface area (Å²) in [7, 11) is 0. The number of rotatable bonds is 14. The highest BCUT2D eigenvalue weighted by Gasteiger charge is 2.46. The molecule has 0 atom stereocenters. The molecule has 0 bridgehead atoms. The van der Waals surface area contributed by atoms with Crippen LogP contribution in [-0.4, -0.2) is 39.2 Å². The van der Waals surface area contributed by atoms with E-state index in [1.54, 1.807) is 18.6 Å². The molecule has 0 unspecified atom stereocenters. The van der Waals surface area contributed by atoms with Crippen LogP contribution in [-0.2, 0) is 0 Å². The Morgan fingerprint density at radius 2 is 0.456 bits per heavy atom. The van der Waals surface area contributed by atoms with Gasteiger partial charge >= 0.3 is 15.1 Å². The van der Waals surface area contributed by atoms with Gasteiger partial charge in [0.2, 0.25) is 0 Å². The molecule has 8 heterocycles. The van der Waals surface area contributed by atoms with Crippen molar-refractivity contribution < 1.29 is 11.4 Å². The van der Waals surface area contributed by atoms with Crippen LogP contribution in [0, 0.1) is 0 Å². The van der Waals surface area contributed by atoms with Gasteiger partial charge in [0, 0.05) is 128 Å². The molecule has 0 aliphatic carbocycles. The summed E-state index contributed by atoms with van der Waals surface area (Å²) in [6.07, 6.45) is 5.24. The van der Waals surface area contributed by atoms with Gasteiger partial charge in [-0.1, -0.05) is 370 Å². The van der Waals surface area contributed by atoms with E-state index in [0.29, 0.717) is 17.2 Å². The minimum absolute atomic E-state index is 0.608. The summed E-state index contributed by atoms with van der Waals surface area (Å²) < 4.78 is 32.1. The molecule has 0 radical (unpaired) electrons. The number of aromatic nitrogens is 5. The summed E-state index contributed by atoms with van der Waals surface area (Å²) in [6, 6.07) is 179. The number of nitrogens with zero attached hydrogens (tertiary/aromatic N) is 5. The molecule has 0 aliphatic heterocycles. The number of hydrogen-bond donors (Lipinski definition) is 0. The van der Waals surface area contributed by atoms with Gasteiger partial charge in [-0.05, 0) is 233 Å². The van der Waals surface area contributed by atoms with Crippen molar-refractivity contribution in [2.45, 2.75) is 0 Å². The average Bonchev–Trinajstić information content (AvgIpc) is 1.16. The van der Waals surface area contributed by atoms with E-state index in [0.717, 1.165) is 32.7 Å². The van der Waals surface area contributed by atoms with Crippen molar-refractivity contribution in [3.63, 3.8) is 0 Å². The summed E-state index contributed by atoms with van der Waals surface area (Å²) in [5, 5.41) is 24.0. The Bertz CT molecular complexity index is 10100. The maximum Gasteiger partial charge on any atom is 1.20 e. The molecule has 22 aromatic carbocycles. The fourth-order valence-corrected chi connectivity index (χ4v) is 26.5. The van der Waals surface area contributed by atoms with Crippen molar-refractivity contribution in [2.75, 3.05) is 0 Å². The number of fused-ring (bicyclic) bond motifs is 24. The molecular formula is C135H86AlN5O3S3. The first-order valence-corrected chi connectivity index (χ1v) is 53.3. The second kappa shape index (κ2) is 38.1. The second-order valence-corrected chi connectivity index (χ2v) is 41.3. The molecule has 8 nitrogen and oxygen atoms in total. The van der Waals surface area contributed by atoms with Crippen molar-refractivity contribution in [1.82, 2.24) is 24.1 Å². The Morgan fingerprint density at radius 1 is 0.177 bits per heavy atom. The standard InChI is InChI=1S/2C36H23NS.C36H22S.3C9H7NO.Al/c1-2-12-27(13-3-1)37-33-18-6-4-14-29(33)32-23-25(20-21-34(32)37)24-10-8-11-26(22-24)28-16-9-17-31-30-15-5-7-19-35(30)38-36(28)31;1-2-9-27(10-3-1)37-33-15-6-4-11-29(33)32-23-26(21-22-34(32)37)24-17-19-25(20-18-24)28-13-8-14-31-30-12-5-7-16-35(30)38-36(28)31;1-2-13-29-27(11-1)28-12-3-4-14-30(28)34-22-24(19-20-31(29)34)23-9-7-10-25(21-23)26-16-8-17-33-32-15-5-6-18-35(32)37-36(26)33;3*11-8-5-1-3-7-4-2-6-10-9(7)8;/h2*1-23H;1-22H;3*1-6,11H;/q;;;;;;+3/p-3. The van der Waals surface area contributed by atoms with E-state index in [1.165, 1.54) is 215 Å². The van der Waals surface area contributed by atoms with Gasteiger partial charge in [0.15, 0.2) is 0 Å². The lowest BCUT2D eigenvalue weighted by Crippen LogP contribution is -2.37. The van der Waals surface area contributed by atoms with Crippen molar-refractivity contribution in [3.05, 3.63) is 522 Å². The maximum atomic E-state index is 6.41. The molecule has 0 N–H and O–H groups in total. The Morgan fingerprint density at radius 3 is 0.871 bits per heavy atom. The normalized spacial score (nSPS) is 11.5. The summed E-state index contributed by atoms with van der Waals surface area (Å²) in [5.74, 6) is 1.82. The Hall–Kier alpha value is -18.0. The molecule has 12 heteroatoms. The first kappa shape index (κ1) is 88.0. The van der Waals surface area contributed by atoms with E-state index >= 15 is 0 Å². The van der Waals surface area contributed by atoms with Crippen LogP contribution in [0.15, 0.2) is 522 Å². The van der Waals surface area contributed by atoms with Gasteiger partial charge < -0.3 is 20.5 Å². The lowest BCUT2D eigenvalue weighted by atomic mass is 9.91. The highest BCUT2D eigenvalue weighted by atomic mass is 32.1. The van der Waals surface area contributed by atoms with Gasteiger partial charge in [-0.3, -0.25) is 15.0 Å². The van der Waals surface area contributed by atoms with E-state index in [-0.39, 0.29) is 0 Å². The topological polar surface area (TPSA) is 76.2 Å². The molecule has 0 fully saturated rings. The fourth-order valence-electron chi connectivity index (χ4n) is 21.5. The van der Waals surface area contributed by atoms with Gasteiger partial charge in [0.1, 0.15) is 33.8 Å². The zero-order valence-electron chi connectivity index (χ0n) is 79.4. The number of para-hydroxylation sites is 7. The third kappa shape index (κ3) is 16.3. The van der Waals surface area contributed by atoms with Crippen molar-refractivity contribution >= 4 is 218 Å². The fraction of sp³-hybridized carbons (Fsp3) is 0. The monoisotopic (exact) mass is 1950 g/mol. The first-order chi connectivity index (χ1) is 72.9. The predicted molar refractivity (Wildman–Crippen MR) is 625 cm³/mol. The van der Waals surface area contributed by atoms with Crippen molar-refractivity contribution in [2.24, 2.45) is 0 Å². The maximum absolute atomic E-state index is 6.41. The zero-order valence-corrected chi connectivity index (χ0v) is 83.0. The van der Waals surface area contributed by atoms with Crippen LogP contribution in [0.25, 0.3) is 247 Å². The minimum atomic E-state index is -2.86. The Kier molecular flexibility index (Phi) is 22.8. The molecule has 0 saturated heterocycles. The number of thiophene rings is 3. The minimum Gasteiger partial charge on any atom is -0.576 e. The van der Waals surface area contributed by atoms with Gasteiger partial charge in [-0.15, -0.1) is 34.0 Å². The molecular weight excluding hydrogens is 1860 g/mol. The molecule has 0 spiro atoms. The van der Waals surface area contributed by atoms with Crippen LogP contribution in [0.2, 0.25) is 0 Å². The largest absolute Gasteiger partial charge is 1.20 e. The van der Waals surface area contributed by atoms with E-state index in [1.807, 2.05) is 125 Å². The lowest BCUT2D eigenvalue weighted by molar-refractivity contribution is 0.311. The summed E-state index contributed by atoms with van der Waals surface area (Å²) >= 11 is 2.80. The van der Waals surface area contributed by atoms with Crippen LogP contribution in [0.4, 0.5) is 0 Å². The smallest absolute Gasteiger partial charge is 0.576 e. The van der Waals surface area contributed by atoms with Gasteiger partial charge in [0.25, 0.3) is 0 Å². The number of benzene rings is 22. The summed E-state index contributed by atoms with van der Waals surface area (Å²) in [5.41, 5.74) is 24.7. The third-order valence-electron chi connectivity index (χ3n) is 28.3. The highest BCUT2D eigenvalue weighted by Crippen LogP contribution is 2.48. The van der Waals surface area contributed by atoms with Gasteiger partial charge in [-0.2, -0.15) is 0 Å². The Labute approximate surface area is 864 Å². The highest BCUT2D eigenvalue weighted by molar-refractivity contribution is 7.27. The van der Waals surface area contributed by atoms with Crippen LogP contribution >= 0.6 is 34.0 Å². The van der Waals surface area contributed by atoms with E-state index in [9.17, 15) is 0 Å². The van der Waals surface area contributed by atoms with Crippen molar-refractivity contribution in [1.29, 1.82) is 0 Å². The molecule has 0 saturated carbocycles. The molecule has 147 heavy (non-hydrogen) atoms. The molecule has 30 rings (SSSR count). The lowest BCUT2D eigenvalue weighted by Gasteiger charge is -2.18. The number of hydrogen-bond acceptors (Lipinski definition) is 9. The quantitative estimate of drug-likeness (QED) is 0.0798. The van der Waals surface area contributed by atoms with E-state index in [2.05, 4.69) is 437 Å². The van der Waals surface area contributed by atoms with E-state index < -0.39 is 15.1 Å². The van der Waals surface area contributed by atoms with Crippen LogP contribution < -0.4 is 11.4 Å². The van der Waals surface area contributed by atoms with Crippen LogP contribution in [0.3, 0.4) is 0 Å². The molecule has 30 aromatic rings. The zero-order chi connectivity index (χ0) is 97.2. The second-order valence-electron chi connectivity index (χ2n) is 36.9. The van der Waals surface area contributed by atoms with Crippen LogP contribution in [0.5, 0.6) is 17.2 Å². The summed E-state index contributed by atoms with van der Waals surface area (Å²) in [4.78, 5) is 13.5. The first-order valence-electron chi connectivity index (χ1n) is 49.5. The van der Waals surface area contributed by atoms with E-state index in [4.69, 9.17) is 11.4 Å². The molecule has 0 aliphatic rings.